The van der Waals surface area contributed by atoms with E-state index in [1.807, 2.05) is 41.0 Å². The molecule has 3 amide bonds. The molecule has 1 aromatic rings. The van der Waals surface area contributed by atoms with Gasteiger partial charge in [-0.25, -0.2) is 4.79 Å². The molecule has 2 aliphatic heterocycles. The van der Waals surface area contributed by atoms with Crippen LogP contribution in [0.15, 0.2) is 24.3 Å². The zero-order chi connectivity index (χ0) is 18.5. The number of nitrogens with zero attached hydrogens (tertiary/aromatic N) is 3. The summed E-state index contributed by atoms with van der Waals surface area (Å²) in [4.78, 5) is 30.6. The van der Waals surface area contributed by atoms with Gasteiger partial charge in [-0.1, -0.05) is 23.7 Å². The topological polar surface area (TPSA) is 55.9 Å². The van der Waals surface area contributed by atoms with Gasteiger partial charge in [0.15, 0.2) is 0 Å². The number of piperazine rings is 1. The lowest BCUT2D eigenvalue weighted by molar-refractivity contribution is -0.131. The van der Waals surface area contributed by atoms with Crippen molar-refractivity contribution < 1.29 is 9.59 Å². The van der Waals surface area contributed by atoms with Gasteiger partial charge in [-0.15, -0.1) is 0 Å². The second-order valence-corrected chi connectivity index (χ2v) is 7.51. The Labute approximate surface area is 160 Å². The maximum absolute atomic E-state index is 12.5. The molecule has 0 aromatic heterocycles. The molecular formula is C19H27ClN4O2. The predicted molar refractivity (Wildman–Crippen MR) is 102 cm³/mol. The lowest BCUT2D eigenvalue weighted by atomic mass is 10.1. The van der Waals surface area contributed by atoms with Crippen molar-refractivity contribution in [1.82, 2.24) is 20.0 Å². The predicted octanol–water partition coefficient (Wildman–Crippen LogP) is 2.35. The summed E-state index contributed by atoms with van der Waals surface area (Å²) >= 11 is 6.02. The highest BCUT2D eigenvalue weighted by Gasteiger charge is 2.25. The molecule has 2 aliphatic rings. The molecule has 1 N–H and O–H groups in total. The van der Waals surface area contributed by atoms with E-state index in [0.717, 1.165) is 44.6 Å². The maximum atomic E-state index is 12.5. The third-order valence-corrected chi connectivity index (χ3v) is 5.40. The van der Waals surface area contributed by atoms with Crippen molar-refractivity contribution in [1.29, 1.82) is 0 Å². The van der Waals surface area contributed by atoms with E-state index in [1.54, 1.807) is 0 Å². The summed E-state index contributed by atoms with van der Waals surface area (Å²) in [5.74, 6) is 0.218. The van der Waals surface area contributed by atoms with Gasteiger partial charge in [-0.2, -0.15) is 0 Å². The first-order chi connectivity index (χ1) is 12.5. The second kappa shape index (κ2) is 8.73. The minimum absolute atomic E-state index is 0.0667. The number of rotatable bonds is 4. The van der Waals surface area contributed by atoms with Crippen LogP contribution in [-0.2, 0) is 4.79 Å². The van der Waals surface area contributed by atoms with Crippen LogP contribution in [-0.4, -0.2) is 72.5 Å². The molecule has 0 spiro atoms. The van der Waals surface area contributed by atoms with E-state index in [9.17, 15) is 9.59 Å². The molecule has 2 fully saturated rings. The molecule has 2 saturated heterocycles. The largest absolute Gasteiger partial charge is 0.342 e. The minimum atomic E-state index is -0.101. The minimum Gasteiger partial charge on any atom is -0.342 e. The molecular weight excluding hydrogens is 352 g/mol. The average Bonchev–Trinajstić information content (AvgIpc) is 3.17. The Morgan fingerprint density at radius 2 is 1.77 bits per heavy atom. The molecule has 0 bridgehead atoms. The molecule has 142 valence electrons. The van der Waals surface area contributed by atoms with Crippen molar-refractivity contribution in [2.75, 3.05) is 45.8 Å². The molecule has 0 aliphatic carbocycles. The number of benzene rings is 1. The first-order valence-corrected chi connectivity index (χ1v) is 9.72. The van der Waals surface area contributed by atoms with Gasteiger partial charge in [-0.05, 0) is 37.5 Å². The van der Waals surface area contributed by atoms with Crippen LogP contribution in [0.3, 0.4) is 0 Å². The van der Waals surface area contributed by atoms with E-state index >= 15 is 0 Å². The highest BCUT2D eigenvalue weighted by molar-refractivity contribution is 6.30. The Morgan fingerprint density at radius 1 is 1.08 bits per heavy atom. The molecule has 1 aromatic carbocycles. The zero-order valence-corrected chi connectivity index (χ0v) is 16.0. The molecule has 6 nitrogen and oxygen atoms in total. The Hall–Kier alpha value is -1.79. The first kappa shape index (κ1) is 19.0. The number of likely N-dealkylation sites (tertiary alicyclic amines) is 1. The van der Waals surface area contributed by atoms with Crippen LogP contribution in [0.25, 0.3) is 0 Å². The van der Waals surface area contributed by atoms with E-state index < -0.39 is 0 Å². The van der Waals surface area contributed by atoms with Gasteiger partial charge in [0.2, 0.25) is 5.91 Å². The monoisotopic (exact) mass is 378 g/mol. The van der Waals surface area contributed by atoms with Crippen LogP contribution in [0.4, 0.5) is 4.79 Å². The summed E-state index contributed by atoms with van der Waals surface area (Å²) in [6, 6.07) is 7.37. The maximum Gasteiger partial charge on any atom is 0.317 e. The van der Waals surface area contributed by atoms with Crippen molar-refractivity contribution in [2.45, 2.75) is 25.8 Å². The number of carbonyl (C=O) groups excluding carboxylic acids is 2. The lowest BCUT2D eigenvalue weighted by Crippen LogP contribution is -2.53. The number of halogens is 1. The van der Waals surface area contributed by atoms with Gasteiger partial charge >= 0.3 is 6.03 Å². The highest BCUT2D eigenvalue weighted by atomic mass is 35.5. The summed E-state index contributed by atoms with van der Waals surface area (Å²) in [7, 11) is 0. The highest BCUT2D eigenvalue weighted by Crippen LogP contribution is 2.18. The Bertz CT molecular complexity index is 640. The van der Waals surface area contributed by atoms with Crippen molar-refractivity contribution in [3.63, 3.8) is 0 Å². The Kier molecular flexibility index (Phi) is 6.38. The van der Waals surface area contributed by atoms with Crippen LogP contribution in [0, 0.1) is 0 Å². The molecule has 1 atom stereocenters. The van der Waals surface area contributed by atoms with Crippen molar-refractivity contribution in [2.24, 2.45) is 0 Å². The first-order valence-electron chi connectivity index (χ1n) is 9.34. The number of nitrogens with one attached hydrogen (secondary N) is 1. The van der Waals surface area contributed by atoms with E-state index in [2.05, 4.69) is 10.2 Å². The normalized spacial score (nSPS) is 19.5. The van der Waals surface area contributed by atoms with Crippen molar-refractivity contribution in [3.05, 3.63) is 34.9 Å². The van der Waals surface area contributed by atoms with Gasteiger partial charge in [-0.3, -0.25) is 9.69 Å². The molecule has 26 heavy (non-hydrogen) atoms. The summed E-state index contributed by atoms with van der Waals surface area (Å²) in [5.41, 5.74) is 0.987. The summed E-state index contributed by atoms with van der Waals surface area (Å²) in [6.45, 7) is 6.95. The number of hydrogen-bond acceptors (Lipinski definition) is 3. The zero-order valence-electron chi connectivity index (χ0n) is 15.3. The second-order valence-electron chi connectivity index (χ2n) is 7.08. The number of carbonyl (C=O) groups is 2. The van der Waals surface area contributed by atoms with Crippen LogP contribution in [0.2, 0.25) is 5.02 Å². The van der Waals surface area contributed by atoms with Gasteiger partial charge in [0.05, 0.1) is 12.6 Å². The SMILES string of the molecule is CC(NC(=O)N1CCN(CC(=O)N2CCCC2)CC1)c1cccc(Cl)c1. The quantitative estimate of drug-likeness (QED) is 0.875. The van der Waals surface area contributed by atoms with Gasteiger partial charge in [0, 0.05) is 44.3 Å². The van der Waals surface area contributed by atoms with Gasteiger partial charge in [0.25, 0.3) is 0 Å². The average molecular weight is 379 g/mol. The fraction of sp³-hybridized carbons (Fsp3) is 0.579. The van der Waals surface area contributed by atoms with Crippen molar-refractivity contribution in [3.8, 4) is 0 Å². The molecule has 1 unspecified atom stereocenters. The van der Waals surface area contributed by atoms with Crippen LogP contribution < -0.4 is 5.32 Å². The molecule has 0 radical (unpaired) electrons. The lowest BCUT2D eigenvalue weighted by Gasteiger charge is -2.35. The Balaban J connectivity index is 1.43. The van der Waals surface area contributed by atoms with E-state index in [4.69, 9.17) is 11.6 Å². The summed E-state index contributed by atoms with van der Waals surface area (Å²) in [5, 5.41) is 3.69. The smallest absolute Gasteiger partial charge is 0.317 e. The number of amides is 3. The number of urea groups is 1. The summed E-state index contributed by atoms with van der Waals surface area (Å²) < 4.78 is 0. The molecule has 2 heterocycles. The Morgan fingerprint density at radius 3 is 2.42 bits per heavy atom. The fourth-order valence-electron chi connectivity index (χ4n) is 3.50. The van der Waals surface area contributed by atoms with Crippen LogP contribution >= 0.6 is 11.6 Å². The molecule has 3 rings (SSSR count). The third kappa shape index (κ3) is 4.89. The molecule has 7 heteroatoms. The van der Waals surface area contributed by atoms with Gasteiger partial charge < -0.3 is 15.1 Å². The van der Waals surface area contributed by atoms with Crippen molar-refractivity contribution >= 4 is 23.5 Å². The van der Waals surface area contributed by atoms with Gasteiger partial charge in [0.1, 0.15) is 0 Å². The fourth-order valence-corrected chi connectivity index (χ4v) is 3.70. The molecule has 0 saturated carbocycles. The van der Waals surface area contributed by atoms with E-state index in [0.29, 0.717) is 24.7 Å². The third-order valence-electron chi connectivity index (χ3n) is 5.17. The van der Waals surface area contributed by atoms with Crippen LogP contribution in [0.1, 0.15) is 31.4 Å². The van der Waals surface area contributed by atoms with Crippen LogP contribution in [0.5, 0.6) is 0 Å². The van der Waals surface area contributed by atoms with E-state index in [-0.39, 0.29) is 18.0 Å². The van der Waals surface area contributed by atoms with E-state index in [1.165, 1.54) is 0 Å². The number of hydrogen-bond donors (Lipinski definition) is 1. The summed E-state index contributed by atoms with van der Waals surface area (Å²) in [6.07, 6.45) is 2.23. The standard InChI is InChI=1S/C19H27ClN4O2/c1-15(16-5-4-6-17(20)13-16)21-19(26)24-11-9-22(10-12-24)14-18(25)23-7-2-3-8-23/h4-6,13,15H,2-3,7-12,14H2,1H3,(H,21,26).